The highest BCUT2D eigenvalue weighted by molar-refractivity contribution is 6.29. The smallest absolute Gasteiger partial charge is 0.248 e. The van der Waals surface area contributed by atoms with Gasteiger partial charge in [0.25, 0.3) is 0 Å². The molecule has 1 unspecified atom stereocenters. The van der Waals surface area contributed by atoms with Crippen molar-refractivity contribution in [2.75, 3.05) is 11.4 Å². The summed E-state index contributed by atoms with van der Waals surface area (Å²) in [6, 6.07) is 11.7. The number of carbonyl (C=O) groups is 1. The van der Waals surface area contributed by atoms with E-state index < -0.39 is 17.7 Å². The van der Waals surface area contributed by atoms with Gasteiger partial charge in [-0.2, -0.15) is 0 Å². The van der Waals surface area contributed by atoms with Crippen molar-refractivity contribution in [3.05, 3.63) is 93.8 Å². The highest BCUT2D eigenvalue weighted by Crippen LogP contribution is 2.24. The number of carbonyl (C=O) groups excluding carboxylic acids is 1. The lowest BCUT2D eigenvalue weighted by atomic mass is 10.0. The highest BCUT2D eigenvalue weighted by atomic mass is 35.5. The molecule has 0 bridgehead atoms. The molecule has 0 aliphatic rings. The Hall–Kier alpha value is -2.83. The van der Waals surface area contributed by atoms with E-state index in [-0.39, 0.29) is 12.5 Å². The summed E-state index contributed by atoms with van der Waals surface area (Å²) in [4.78, 5) is 18.8. The molecule has 1 aromatic heterocycles. The lowest BCUT2D eigenvalue weighted by Crippen LogP contribution is -2.40. The van der Waals surface area contributed by atoms with Gasteiger partial charge in [0.2, 0.25) is 5.91 Å². The molecule has 1 atom stereocenters. The number of aryl methyl sites for hydroxylation is 2. The number of aromatic nitrogens is 1. The molecule has 0 aliphatic carbocycles. The summed E-state index contributed by atoms with van der Waals surface area (Å²) in [6.45, 7) is 4.19. The molecular formula is C23H22ClF2N3O. The molecule has 2 N–H and O–H groups in total. The van der Waals surface area contributed by atoms with Crippen molar-refractivity contribution < 1.29 is 13.6 Å². The van der Waals surface area contributed by atoms with Crippen LogP contribution < -0.4 is 10.6 Å². The highest BCUT2D eigenvalue weighted by Gasteiger charge is 2.24. The molecule has 0 aliphatic heterocycles. The van der Waals surface area contributed by atoms with Crippen LogP contribution in [0.3, 0.4) is 0 Å². The van der Waals surface area contributed by atoms with E-state index in [1.54, 1.807) is 17.0 Å². The van der Waals surface area contributed by atoms with Gasteiger partial charge in [-0.25, -0.2) is 13.8 Å². The second kappa shape index (κ2) is 9.32. The number of rotatable bonds is 6. The van der Waals surface area contributed by atoms with E-state index in [1.807, 2.05) is 32.0 Å². The molecule has 0 saturated carbocycles. The van der Waals surface area contributed by atoms with E-state index in [1.165, 1.54) is 12.3 Å². The minimum absolute atomic E-state index is 0.251. The first-order chi connectivity index (χ1) is 14.3. The predicted molar refractivity (Wildman–Crippen MR) is 115 cm³/mol. The Morgan fingerprint density at radius 1 is 1.07 bits per heavy atom. The topological polar surface area (TPSA) is 59.2 Å². The molecule has 7 heteroatoms. The molecule has 2 aromatic carbocycles. The van der Waals surface area contributed by atoms with E-state index in [4.69, 9.17) is 17.3 Å². The molecule has 3 rings (SSSR count). The van der Waals surface area contributed by atoms with E-state index in [0.29, 0.717) is 28.4 Å². The van der Waals surface area contributed by atoms with Crippen LogP contribution >= 0.6 is 11.6 Å². The van der Waals surface area contributed by atoms with Crippen LogP contribution in [0.25, 0.3) is 0 Å². The number of nitrogens with two attached hydrogens (primary N) is 1. The SMILES string of the molecule is Cc1ccc(N(CCc2ccc(F)c(F)c2)C(=O)C(N)c2ccc(Cl)nc2)cc1C. The molecule has 4 nitrogen and oxygen atoms in total. The first-order valence-electron chi connectivity index (χ1n) is 9.46. The Morgan fingerprint density at radius 2 is 1.83 bits per heavy atom. The van der Waals surface area contributed by atoms with E-state index in [9.17, 15) is 13.6 Å². The van der Waals surface area contributed by atoms with Gasteiger partial charge in [-0.3, -0.25) is 4.79 Å². The predicted octanol–water partition coefficient (Wildman–Crippen LogP) is 4.91. The van der Waals surface area contributed by atoms with Crippen molar-refractivity contribution in [2.24, 2.45) is 5.73 Å². The summed E-state index contributed by atoms with van der Waals surface area (Å²) in [6.07, 6.45) is 1.81. The minimum Gasteiger partial charge on any atom is -0.316 e. The van der Waals surface area contributed by atoms with Crippen molar-refractivity contribution in [2.45, 2.75) is 26.3 Å². The van der Waals surface area contributed by atoms with Crippen LogP contribution in [-0.4, -0.2) is 17.4 Å². The number of pyridine rings is 1. The minimum atomic E-state index is -0.943. The number of anilines is 1. The summed E-state index contributed by atoms with van der Waals surface area (Å²) < 4.78 is 26.8. The summed E-state index contributed by atoms with van der Waals surface area (Å²) in [5.41, 5.74) is 10.1. The number of hydrogen-bond donors (Lipinski definition) is 1. The number of nitrogens with zero attached hydrogens (tertiary/aromatic N) is 2. The number of amides is 1. The average molecular weight is 430 g/mol. The van der Waals surface area contributed by atoms with Crippen molar-refractivity contribution in [3.63, 3.8) is 0 Å². The van der Waals surface area contributed by atoms with Crippen LogP contribution in [0.4, 0.5) is 14.5 Å². The summed E-state index contributed by atoms with van der Waals surface area (Å²) in [5, 5.41) is 0.308. The van der Waals surface area contributed by atoms with Crippen molar-refractivity contribution in [3.8, 4) is 0 Å². The third kappa shape index (κ3) is 5.01. The molecule has 1 heterocycles. The maximum absolute atomic E-state index is 13.6. The van der Waals surface area contributed by atoms with Crippen molar-refractivity contribution in [1.82, 2.24) is 4.98 Å². The van der Waals surface area contributed by atoms with Gasteiger partial charge in [0.1, 0.15) is 11.2 Å². The number of halogens is 3. The van der Waals surface area contributed by atoms with Crippen LogP contribution in [0.2, 0.25) is 5.15 Å². The van der Waals surface area contributed by atoms with Gasteiger partial charge in [-0.15, -0.1) is 0 Å². The normalized spacial score (nSPS) is 11.9. The van der Waals surface area contributed by atoms with E-state index >= 15 is 0 Å². The Balaban J connectivity index is 1.89. The molecule has 0 radical (unpaired) electrons. The summed E-state index contributed by atoms with van der Waals surface area (Å²) in [7, 11) is 0. The standard InChI is InChI=1S/C23H22ClF2N3O/c1-14-3-6-18(11-15(14)2)29(10-9-16-4-7-19(25)20(26)12-16)23(30)22(27)17-5-8-21(24)28-13-17/h3-8,11-13,22H,9-10,27H2,1-2H3. The average Bonchev–Trinajstić information content (AvgIpc) is 2.73. The Bertz CT molecular complexity index is 1060. The number of benzene rings is 2. The Morgan fingerprint density at radius 3 is 2.47 bits per heavy atom. The molecular weight excluding hydrogens is 408 g/mol. The third-order valence-corrected chi connectivity index (χ3v) is 5.28. The summed E-state index contributed by atoms with van der Waals surface area (Å²) in [5.74, 6) is -2.15. The fraction of sp³-hybridized carbons (Fsp3) is 0.217. The fourth-order valence-corrected chi connectivity index (χ4v) is 3.19. The third-order valence-electron chi connectivity index (χ3n) is 5.05. The van der Waals surface area contributed by atoms with Gasteiger partial charge in [0, 0.05) is 18.4 Å². The lowest BCUT2D eigenvalue weighted by Gasteiger charge is -2.27. The van der Waals surface area contributed by atoms with Gasteiger partial charge >= 0.3 is 0 Å². The Kier molecular flexibility index (Phi) is 6.80. The van der Waals surface area contributed by atoms with Crippen LogP contribution in [0.1, 0.15) is 28.3 Å². The molecule has 3 aromatic rings. The van der Waals surface area contributed by atoms with E-state index in [0.717, 1.165) is 23.3 Å². The van der Waals surface area contributed by atoms with Crippen LogP contribution in [0, 0.1) is 25.5 Å². The zero-order valence-electron chi connectivity index (χ0n) is 16.7. The van der Waals surface area contributed by atoms with Crippen LogP contribution in [0.5, 0.6) is 0 Å². The molecule has 1 amide bonds. The zero-order chi connectivity index (χ0) is 21.8. The molecule has 0 saturated heterocycles. The van der Waals surface area contributed by atoms with Gasteiger partial charge < -0.3 is 10.6 Å². The van der Waals surface area contributed by atoms with Crippen LogP contribution in [-0.2, 0) is 11.2 Å². The van der Waals surface area contributed by atoms with Gasteiger partial charge in [0.05, 0.1) is 0 Å². The monoisotopic (exact) mass is 429 g/mol. The van der Waals surface area contributed by atoms with Gasteiger partial charge in [0.15, 0.2) is 11.6 Å². The second-order valence-corrected chi connectivity index (χ2v) is 7.54. The fourth-order valence-electron chi connectivity index (χ4n) is 3.08. The second-order valence-electron chi connectivity index (χ2n) is 7.15. The first-order valence-corrected chi connectivity index (χ1v) is 9.83. The van der Waals surface area contributed by atoms with Crippen molar-refractivity contribution >= 4 is 23.2 Å². The lowest BCUT2D eigenvalue weighted by molar-refractivity contribution is -0.120. The molecule has 156 valence electrons. The Labute approximate surface area is 179 Å². The first kappa shape index (κ1) is 21.9. The largest absolute Gasteiger partial charge is 0.316 e. The van der Waals surface area contributed by atoms with Crippen molar-refractivity contribution in [1.29, 1.82) is 0 Å². The quantitative estimate of drug-likeness (QED) is 0.566. The summed E-state index contributed by atoms with van der Waals surface area (Å²) >= 11 is 5.82. The van der Waals surface area contributed by atoms with Crippen LogP contribution in [0.15, 0.2) is 54.7 Å². The van der Waals surface area contributed by atoms with Gasteiger partial charge in [-0.1, -0.05) is 29.8 Å². The molecule has 0 spiro atoms. The van der Waals surface area contributed by atoms with E-state index in [2.05, 4.69) is 4.98 Å². The molecule has 30 heavy (non-hydrogen) atoms. The maximum Gasteiger partial charge on any atom is 0.248 e. The zero-order valence-corrected chi connectivity index (χ0v) is 17.5. The number of hydrogen-bond acceptors (Lipinski definition) is 3. The maximum atomic E-state index is 13.6. The van der Waals surface area contributed by atoms with Gasteiger partial charge in [-0.05, 0) is 72.9 Å². The molecule has 0 fully saturated rings.